The van der Waals surface area contributed by atoms with Crippen LogP contribution in [0.5, 0.6) is 0 Å². The molecule has 0 saturated carbocycles. The Hall–Kier alpha value is -2.88. The highest BCUT2D eigenvalue weighted by Crippen LogP contribution is 2.40. The quantitative estimate of drug-likeness (QED) is 0.608. The summed E-state index contributed by atoms with van der Waals surface area (Å²) < 4.78 is 5.64. The van der Waals surface area contributed by atoms with Gasteiger partial charge in [0.25, 0.3) is 0 Å². The molecule has 1 amide bonds. The third kappa shape index (κ3) is 2.92. The molecule has 26 heavy (non-hydrogen) atoms. The number of nitrogens with zero attached hydrogens (tertiary/aromatic N) is 2. The van der Waals surface area contributed by atoms with Crippen molar-refractivity contribution in [2.75, 3.05) is 11.4 Å². The highest BCUT2D eigenvalue weighted by molar-refractivity contribution is 6.05. The van der Waals surface area contributed by atoms with Gasteiger partial charge in [0.15, 0.2) is 0 Å². The number of carbonyl (C=O) groups excluding carboxylic acids is 1. The van der Waals surface area contributed by atoms with Gasteiger partial charge in [-0.2, -0.15) is 0 Å². The molecule has 1 aliphatic rings. The molecule has 2 heterocycles. The summed E-state index contributed by atoms with van der Waals surface area (Å²) in [6, 6.07) is 18.1. The minimum absolute atomic E-state index is 0.299. The Balaban J connectivity index is 1.91. The Morgan fingerprint density at radius 1 is 1.04 bits per heavy atom. The molecule has 132 valence electrons. The number of pyridine rings is 1. The van der Waals surface area contributed by atoms with Gasteiger partial charge in [-0.15, -0.1) is 0 Å². The topological polar surface area (TPSA) is 42.4 Å². The van der Waals surface area contributed by atoms with Crippen LogP contribution in [0.15, 0.2) is 54.6 Å². The van der Waals surface area contributed by atoms with Gasteiger partial charge in [-0.25, -0.2) is 9.78 Å². The maximum Gasteiger partial charge on any atom is 0.414 e. The zero-order chi connectivity index (χ0) is 18.3. The van der Waals surface area contributed by atoms with Crippen molar-refractivity contribution in [3.8, 4) is 11.3 Å². The predicted octanol–water partition coefficient (Wildman–Crippen LogP) is 5.20. The summed E-state index contributed by atoms with van der Waals surface area (Å²) in [5.74, 6) is 0. The second-order valence-corrected chi connectivity index (χ2v) is 7.55. The van der Waals surface area contributed by atoms with Crippen LogP contribution in [0.2, 0.25) is 0 Å². The molecule has 1 aromatic heterocycles. The number of hydrogen-bond acceptors (Lipinski definition) is 3. The zero-order valence-corrected chi connectivity index (χ0v) is 15.3. The lowest BCUT2D eigenvalue weighted by atomic mass is 10.0. The fourth-order valence-electron chi connectivity index (χ4n) is 3.45. The van der Waals surface area contributed by atoms with E-state index in [1.807, 2.05) is 63.2 Å². The zero-order valence-electron chi connectivity index (χ0n) is 15.3. The van der Waals surface area contributed by atoms with Gasteiger partial charge in [-0.05, 0) is 33.3 Å². The number of fused-ring (bicyclic) bond motifs is 3. The van der Waals surface area contributed by atoms with E-state index in [4.69, 9.17) is 9.72 Å². The average molecular weight is 346 g/mol. The summed E-state index contributed by atoms with van der Waals surface area (Å²) >= 11 is 0. The Morgan fingerprint density at radius 3 is 2.46 bits per heavy atom. The third-order valence-electron chi connectivity index (χ3n) is 4.48. The highest BCUT2D eigenvalue weighted by Gasteiger charge is 2.32. The molecule has 4 rings (SSSR count). The second kappa shape index (κ2) is 6.13. The van der Waals surface area contributed by atoms with E-state index in [1.165, 1.54) is 0 Å². The fraction of sp³-hybridized carbons (Fsp3) is 0.273. The van der Waals surface area contributed by atoms with Crippen LogP contribution in [0.3, 0.4) is 0 Å². The van der Waals surface area contributed by atoms with Crippen LogP contribution in [0.25, 0.3) is 22.2 Å². The number of anilines is 1. The SMILES string of the molecule is CC(C)(C)OC(=O)N1CCc2c(-c3ccccc3)nc3ccccc3c21. The minimum Gasteiger partial charge on any atom is -0.443 e. The fourth-order valence-corrected chi connectivity index (χ4v) is 3.45. The molecule has 0 N–H and O–H groups in total. The molecule has 0 atom stereocenters. The lowest BCUT2D eigenvalue weighted by molar-refractivity contribution is 0.0584. The van der Waals surface area contributed by atoms with Crippen molar-refractivity contribution in [1.29, 1.82) is 0 Å². The Bertz CT molecular complexity index is 975. The summed E-state index contributed by atoms with van der Waals surface area (Å²) in [7, 11) is 0. The number of ether oxygens (including phenoxy) is 1. The van der Waals surface area contributed by atoms with E-state index in [2.05, 4.69) is 12.1 Å². The lowest BCUT2D eigenvalue weighted by Gasteiger charge is -2.25. The van der Waals surface area contributed by atoms with Gasteiger partial charge in [-0.3, -0.25) is 4.90 Å². The normalized spacial score (nSPS) is 13.7. The summed E-state index contributed by atoms with van der Waals surface area (Å²) in [5.41, 5.74) is 4.43. The van der Waals surface area contributed by atoms with E-state index in [0.29, 0.717) is 6.54 Å². The molecule has 2 aromatic carbocycles. The third-order valence-corrected chi connectivity index (χ3v) is 4.48. The van der Waals surface area contributed by atoms with Gasteiger partial charge < -0.3 is 4.74 Å². The van der Waals surface area contributed by atoms with Gasteiger partial charge in [-0.1, -0.05) is 48.5 Å². The van der Waals surface area contributed by atoms with E-state index in [0.717, 1.165) is 39.8 Å². The summed E-state index contributed by atoms with van der Waals surface area (Å²) in [5, 5.41) is 0.991. The van der Waals surface area contributed by atoms with E-state index in [-0.39, 0.29) is 6.09 Å². The van der Waals surface area contributed by atoms with Crippen LogP contribution < -0.4 is 4.90 Å². The molecule has 0 bridgehead atoms. The molecule has 4 nitrogen and oxygen atoms in total. The molecule has 0 radical (unpaired) electrons. The molecule has 0 spiro atoms. The second-order valence-electron chi connectivity index (χ2n) is 7.55. The van der Waals surface area contributed by atoms with Crippen LogP contribution in [-0.2, 0) is 11.2 Å². The Morgan fingerprint density at radius 2 is 1.73 bits per heavy atom. The largest absolute Gasteiger partial charge is 0.443 e. The van der Waals surface area contributed by atoms with Crippen molar-refractivity contribution in [1.82, 2.24) is 4.98 Å². The smallest absolute Gasteiger partial charge is 0.414 e. The standard InChI is InChI=1S/C22H22N2O2/c1-22(2,3)26-21(25)24-14-13-17-19(15-9-5-4-6-10-15)23-18-12-8-7-11-16(18)20(17)24/h4-12H,13-14H2,1-3H3. The summed E-state index contributed by atoms with van der Waals surface area (Å²) in [6.07, 6.45) is 0.475. The number of benzene rings is 2. The first kappa shape index (κ1) is 16.6. The van der Waals surface area contributed by atoms with E-state index in [1.54, 1.807) is 4.90 Å². The maximum absolute atomic E-state index is 12.8. The number of para-hydroxylation sites is 1. The first-order valence-electron chi connectivity index (χ1n) is 8.91. The number of hydrogen-bond donors (Lipinski definition) is 0. The van der Waals surface area contributed by atoms with Crippen LogP contribution in [-0.4, -0.2) is 23.2 Å². The minimum atomic E-state index is -0.523. The number of carbonyl (C=O) groups is 1. The van der Waals surface area contributed by atoms with Crippen LogP contribution >= 0.6 is 0 Å². The van der Waals surface area contributed by atoms with Gasteiger partial charge in [0, 0.05) is 23.1 Å². The molecule has 0 fully saturated rings. The molecule has 4 heteroatoms. The Labute approximate surface area is 153 Å². The van der Waals surface area contributed by atoms with Crippen molar-refractivity contribution < 1.29 is 9.53 Å². The number of rotatable bonds is 1. The molecule has 3 aromatic rings. The van der Waals surface area contributed by atoms with Crippen LogP contribution in [0.4, 0.5) is 10.5 Å². The van der Waals surface area contributed by atoms with Crippen molar-refractivity contribution in [2.24, 2.45) is 0 Å². The summed E-state index contributed by atoms with van der Waals surface area (Å²) in [4.78, 5) is 19.5. The van der Waals surface area contributed by atoms with Gasteiger partial charge in [0.1, 0.15) is 5.60 Å². The van der Waals surface area contributed by atoms with Gasteiger partial charge >= 0.3 is 6.09 Å². The molecular weight excluding hydrogens is 324 g/mol. The van der Waals surface area contributed by atoms with E-state index < -0.39 is 5.60 Å². The number of amides is 1. The molecule has 0 saturated heterocycles. The van der Waals surface area contributed by atoms with E-state index in [9.17, 15) is 4.79 Å². The number of aromatic nitrogens is 1. The lowest BCUT2D eigenvalue weighted by Crippen LogP contribution is -2.35. The van der Waals surface area contributed by atoms with E-state index >= 15 is 0 Å². The maximum atomic E-state index is 12.8. The predicted molar refractivity (Wildman–Crippen MR) is 104 cm³/mol. The first-order valence-corrected chi connectivity index (χ1v) is 8.91. The molecule has 1 aliphatic heterocycles. The molecular formula is C22H22N2O2. The van der Waals surface area contributed by atoms with Crippen molar-refractivity contribution in [3.63, 3.8) is 0 Å². The monoisotopic (exact) mass is 346 g/mol. The average Bonchev–Trinajstić information content (AvgIpc) is 3.06. The molecule has 0 aliphatic carbocycles. The van der Waals surface area contributed by atoms with Gasteiger partial charge in [0.05, 0.1) is 16.9 Å². The highest BCUT2D eigenvalue weighted by atomic mass is 16.6. The van der Waals surface area contributed by atoms with Crippen molar-refractivity contribution in [2.45, 2.75) is 32.8 Å². The van der Waals surface area contributed by atoms with Gasteiger partial charge in [0.2, 0.25) is 0 Å². The van der Waals surface area contributed by atoms with Crippen molar-refractivity contribution in [3.05, 3.63) is 60.2 Å². The summed E-state index contributed by atoms with van der Waals surface area (Å²) in [6.45, 7) is 6.28. The van der Waals surface area contributed by atoms with Crippen LogP contribution in [0.1, 0.15) is 26.3 Å². The molecule has 0 unspecified atom stereocenters. The first-order chi connectivity index (χ1) is 12.4. The van der Waals surface area contributed by atoms with Crippen LogP contribution in [0, 0.1) is 0 Å². The Kier molecular flexibility index (Phi) is 3.91. The van der Waals surface area contributed by atoms with Crippen molar-refractivity contribution >= 4 is 22.7 Å².